The van der Waals surface area contributed by atoms with E-state index in [1.54, 1.807) is 6.20 Å². The average Bonchev–Trinajstić information content (AvgIpc) is 3.07. The van der Waals surface area contributed by atoms with Crippen LogP contribution in [-0.4, -0.2) is 33.3 Å². The zero-order chi connectivity index (χ0) is 16.2. The molecule has 0 amide bonds. The number of aromatic nitrogens is 3. The first-order chi connectivity index (χ1) is 11.2. The average molecular weight is 310 g/mol. The SMILES string of the molecule is CCc1cc(N(C)CC[C@@H](O)c2ccccc2)n2nccc2n1. The first-order valence-corrected chi connectivity index (χ1v) is 7.97. The number of fused-ring (bicyclic) bond motifs is 1. The van der Waals surface area contributed by atoms with Gasteiger partial charge >= 0.3 is 0 Å². The van der Waals surface area contributed by atoms with Crippen LogP contribution in [0.1, 0.15) is 30.7 Å². The van der Waals surface area contributed by atoms with E-state index < -0.39 is 6.10 Å². The molecule has 1 N–H and O–H groups in total. The Morgan fingerprint density at radius 3 is 2.74 bits per heavy atom. The second-order valence-corrected chi connectivity index (χ2v) is 5.70. The van der Waals surface area contributed by atoms with Crippen molar-refractivity contribution in [1.82, 2.24) is 14.6 Å². The molecule has 0 spiro atoms. The van der Waals surface area contributed by atoms with Gasteiger partial charge in [0, 0.05) is 31.4 Å². The van der Waals surface area contributed by atoms with Gasteiger partial charge in [-0.15, -0.1) is 0 Å². The molecule has 3 aromatic rings. The smallest absolute Gasteiger partial charge is 0.157 e. The highest BCUT2D eigenvalue weighted by Gasteiger charge is 2.13. The number of rotatable bonds is 6. The summed E-state index contributed by atoms with van der Waals surface area (Å²) in [6, 6.07) is 13.7. The lowest BCUT2D eigenvalue weighted by atomic mass is 10.1. The van der Waals surface area contributed by atoms with E-state index in [0.717, 1.165) is 35.7 Å². The van der Waals surface area contributed by atoms with Crippen LogP contribution < -0.4 is 4.90 Å². The normalized spacial score (nSPS) is 12.5. The van der Waals surface area contributed by atoms with E-state index in [9.17, 15) is 5.11 Å². The third-order valence-corrected chi connectivity index (χ3v) is 4.07. The van der Waals surface area contributed by atoms with E-state index in [4.69, 9.17) is 0 Å². The molecule has 0 aliphatic carbocycles. The number of nitrogens with zero attached hydrogens (tertiary/aromatic N) is 4. The Hall–Kier alpha value is -2.40. The summed E-state index contributed by atoms with van der Waals surface area (Å²) in [5.41, 5.74) is 2.85. The molecule has 1 aromatic carbocycles. The van der Waals surface area contributed by atoms with E-state index in [1.165, 1.54) is 0 Å². The van der Waals surface area contributed by atoms with Crippen LogP contribution in [-0.2, 0) is 6.42 Å². The van der Waals surface area contributed by atoms with E-state index in [0.29, 0.717) is 6.42 Å². The molecule has 5 nitrogen and oxygen atoms in total. The molecule has 2 heterocycles. The lowest BCUT2D eigenvalue weighted by Gasteiger charge is -2.22. The molecule has 0 aliphatic heterocycles. The van der Waals surface area contributed by atoms with E-state index >= 15 is 0 Å². The maximum absolute atomic E-state index is 10.3. The van der Waals surface area contributed by atoms with Crippen molar-refractivity contribution in [1.29, 1.82) is 0 Å². The third-order valence-electron chi connectivity index (χ3n) is 4.07. The molecule has 0 bridgehead atoms. The molecule has 120 valence electrons. The Balaban J connectivity index is 1.75. The van der Waals surface area contributed by atoms with Crippen LogP contribution in [0.5, 0.6) is 0 Å². The minimum Gasteiger partial charge on any atom is -0.388 e. The Morgan fingerprint density at radius 2 is 2.00 bits per heavy atom. The van der Waals surface area contributed by atoms with Gasteiger partial charge in [-0.3, -0.25) is 0 Å². The maximum atomic E-state index is 10.3. The largest absolute Gasteiger partial charge is 0.388 e. The van der Waals surface area contributed by atoms with Crippen molar-refractivity contribution in [2.45, 2.75) is 25.9 Å². The molecular weight excluding hydrogens is 288 g/mol. The molecule has 0 aliphatic rings. The van der Waals surface area contributed by atoms with Crippen molar-refractivity contribution < 1.29 is 5.11 Å². The molecule has 0 unspecified atom stereocenters. The van der Waals surface area contributed by atoms with E-state index in [1.807, 2.05) is 48.0 Å². The zero-order valence-electron chi connectivity index (χ0n) is 13.6. The highest BCUT2D eigenvalue weighted by Crippen LogP contribution is 2.20. The van der Waals surface area contributed by atoms with Crippen LogP contribution in [0.2, 0.25) is 0 Å². The van der Waals surface area contributed by atoms with Crippen molar-refractivity contribution in [2.24, 2.45) is 0 Å². The highest BCUT2D eigenvalue weighted by molar-refractivity contribution is 5.50. The van der Waals surface area contributed by atoms with Crippen molar-refractivity contribution in [2.75, 3.05) is 18.5 Å². The lowest BCUT2D eigenvalue weighted by molar-refractivity contribution is 0.169. The number of hydrogen-bond donors (Lipinski definition) is 1. The first kappa shape index (κ1) is 15.5. The first-order valence-electron chi connectivity index (χ1n) is 7.97. The summed E-state index contributed by atoms with van der Waals surface area (Å²) in [5.74, 6) is 0.997. The minimum absolute atomic E-state index is 0.459. The molecule has 0 saturated carbocycles. The predicted octanol–water partition coefficient (Wildman–Crippen LogP) is 2.85. The van der Waals surface area contributed by atoms with Gasteiger partial charge in [0.05, 0.1) is 12.3 Å². The summed E-state index contributed by atoms with van der Waals surface area (Å²) in [6.45, 7) is 2.83. The van der Waals surface area contributed by atoms with E-state index in [2.05, 4.69) is 28.0 Å². The number of benzene rings is 1. The monoisotopic (exact) mass is 310 g/mol. The van der Waals surface area contributed by atoms with Gasteiger partial charge in [0.2, 0.25) is 0 Å². The van der Waals surface area contributed by atoms with Gasteiger partial charge in [-0.05, 0) is 18.4 Å². The second kappa shape index (κ2) is 6.79. The number of aliphatic hydroxyl groups excluding tert-OH is 1. The fourth-order valence-electron chi connectivity index (χ4n) is 2.67. The second-order valence-electron chi connectivity index (χ2n) is 5.70. The molecule has 5 heteroatoms. The van der Waals surface area contributed by atoms with Crippen molar-refractivity contribution in [3.63, 3.8) is 0 Å². The molecule has 3 rings (SSSR count). The molecule has 2 aromatic heterocycles. The number of hydrogen-bond acceptors (Lipinski definition) is 4. The molecular formula is C18H22N4O. The van der Waals surface area contributed by atoms with Gasteiger partial charge in [-0.25, -0.2) is 4.98 Å². The number of aryl methyl sites for hydroxylation is 1. The van der Waals surface area contributed by atoms with Crippen molar-refractivity contribution >= 4 is 11.5 Å². The Labute approximate surface area is 136 Å². The molecule has 23 heavy (non-hydrogen) atoms. The standard InChI is InChI=1S/C18H22N4O/c1-3-15-13-18(22-17(20-15)9-11-19-22)21(2)12-10-16(23)14-7-5-4-6-8-14/h4-9,11,13,16,23H,3,10,12H2,1-2H3/t16-/m1/s1. The summed E-state index contributed by atoms with van der Waals surface area (Å²) in [4.78, 5) is 6.68. The van der Waals surface area contributed by atoms with Gasteiger partial charge in [0.1, 0.15) is 5.82 Å². The maximum Gasteiger partial charge on any atom is 0.157 e. The van der Waals surface area contributed by atoms with Gasteiger partial charge in [-0.2, -0.15) is 9.61 Å². The van der Waals surface area contributed by atoms with Crippen molar-refractivity contribution in [3.8, 4) is 0 Å². The Kier molecular flexibility index (Phi) is 4.57. The summed E-state index contributed by atoms with van der Waals surface area (Å²) in [5, 5.41) is 14.7. The predicted molar refractivity (Wildman–Crippen MR) is 91.7 cm³/mol. The fourth-order valence-corrected chi connectivity index (χ4v) is 2.67. The van der Waals surface area contributed by atoms with Crippen molar-refractivity contribution in [3.05, 3.63) is 59.9 Å². The highest BCUT2D eigenvalue weighted by atomic mass is 16.3. The topological polar surface area (TPSA) is 53.7 Å². The Morgan fingerprint density at radius 1 is 1.22 bits per heavy atom. The molecule has 0 fully saturated rings. The molecule has 0 saturated heterocycles. The van der Waals surface area contributed by atoms with Crippen LogP contribution in [0.3, 0.4) is 0 Å². The van der Waals surface area contributed by atoms with Gasteiger partial charge in [0.15, 0.2) is 5.65 Å². The lowest BCUT2D eigenvalue weighted by Crippen LogP contribution is -2.23. The molecule has 1 atom stereocenters. The number of anilines is 1. The molecule has 0 radical (unpaired) electrons. The summed E-state index contributed by atoms with van der Waals surface area (Å²) >= 11 is 0. The van der Waals surface area contributed by atoms with Crippen LogP contribution in [0, 0.1) is 0 Å². The quantitative estimate of drug-likeness (QED) is 0.760. The van der Waals surface area contributed by atoms with Gasteiger partial charge in [0.25, 0.3) is 0 Å². The number of aliphatic hydroxyl groups is 1. The van der Waals surface area contributed by atoms with Crippen LogP contribution >= 0.6 is 0 Å². The Bertz CT molecular complexity index is 769. The fraction of sp³-hybridized carbons (Fsp3) is 0.333. The minimum atomic E-state index is -0.459. The van der Waals surface area contributed by atoms with Gasteiger partial charge < -0.3 is 10.0 Å². The zero-order valence-corrected chi connectivity index (χ0v) is 13.6. The summed E-state index contributed by atoms with van der Waals surface area (Å²) in [7, 11) is 2.02. The summed E-state index contributed by atoms with van der Waals surface area (Å²) < 4.78 is 1.84. The summed E-state index contributed by atoms with van der Waals surface area (Å²) in [6.07, 6.45) is 2.85. The third kappa shape index (κ3) is 3.35. The van der Waals surface area contributed by atoms with Crippen LogP contribution in [0.4, 0.5) is 5.82 Å². The van der Waals surface area contributed by atoms with E-state index in [-0.39, 0.29) is 0 Å². The van der Waals surface area contributed by atoms with Gasteiger partial charge in [-0.1, -0.05) is 37.3 Å². The van der Waals surface area contributed by atoms with Crippen LogP contribution in [0.15, 0.2) is 48.7 Å². The van der Waals surface area contributed by atoms with Crippen LogP contribution in [0.25, 0.3) is 5.65 Å².